The smallest absolute Gasteiger partial charge is 0.313 e. The number of hydrogen-bond acceptors (Lipinski definition) is 4. The van der Waals surface area contributed by atoms with Crippen molar-refractivity contribution in [2.45, 2.75) is 46.3 Å². The zero-order valence-corrected chi connectivity index (χ0v) is 13.2. The predicted octanol–water partition coefficient (Wildman–Crippen LogP) is 3.06. The molecule has 0 aliphatic heterocycles. The fraction of sp³-hybridized carbons (Fsp3) is 0.562. The lowest BCUT2D eigenvalue weighted by molar-refractivity contribution is -0.167. The van der Waals surface area contributed by atoms with E-state index in [0.717, 1.165) is 11.3 Å². The molecule has 0 saturated heterocycles. The summed E-state index contributed by atoms with van der Waals surface area (Å²) in [6, 6.07) is 6.97. The normalized spacial score (nSPS) is 13.8. The Morgan fingerprint density at radius 3 is 2.00 bits per heavy atom. The molecular weight excluding hydrogens is 254 g/mol. The molecule has 1 atom stereocenters. The maximum atomic E-state index is 12.3. The minimum atomic E-state index is -0.804. The third-order valence-corrected chi connectivity index (χ3v) is 3.18. The molecule has 0 aromatic heterocycles. The molecule has 0 aliphatic rings. The van der Waals surface area contributed by atoms with Crippen LogP contribution in [0.5, 0.6) is 5.75 Å². The Bertz CT molecular complexity index is 458. The zero-order valence-electron chi connectivity index (χ0n) is 13.2. The van der Waals surface area contributed by atoms with E-state index in [9.17, 15) is 4.79 Å². The molecule has 2 N–H and O–H groups in total. The Morgan fingerprint density at radius 1 is 1.10 bits per heavy atom. The minimum absolute atomic E-state index is 0.298. The first kappa shape index (κ1) is 16.5. The second kappa shape index (κ2) is 5.83. The Kier molecular flexibility index (Phi) is 4.81. The van der Waals surface area contributed by atoms with Gasteiger partial charge in [0.1, 0.15) is 11.4 Å². The third kappa shape index (κ3) is 3.97. The highest BCUT2D eigenvalue weighted by molar-refractivity contribution is 5.77. The molecule has 112 valence electrons. The summed E-state index contributed by atoms with van der Waals surface area (Å²) in [6.07, 6.45) is 0. The summed E-state index contributed by atoms with van der Waals surface area (Å²) in [6.45, 7) is 9.14. The van der Waals surface area contributed by atoms with Gasteiger partial charge in [-0.25, -0.2) is 0 Å². The number of nitrogens with two attached hydrogens (primary N) is 1. The lowest BCUT2D eigenvalue weighted by atomic mass is 9.81. The van der Waals surface area contributed by atoms with Crippen LogP contribution in [0.25, 0.3) is 0 Å². The average molecular weight is 279 g/mol. The molecule has 1 aromatic carbocycles. The molecule has 0 heterocycles. The molecule has 0 bridgehead atoms. The van der Waals surface area contributed by atoms with Gasteiger partial charge in [0.25, 0.3) is 0 Å². The van der Waals surface area contributed by atoms with Gasteiger partial charge in [-0.15, -0.1) is 0 Å². The number of carbonyl (C=O) groups is 1. The van der Waals surface area contributed by atoms with Crippen molar-refractivity contribution in [2.24, 2.45) is 11.1 Å². The van der Waals surface area contributed by atoms with Crippen LogP contribution in [0.2, 0.25) is 0 Å². The van der Waals surface area contributed by atoms with Crippen LogP contribution in [-0.2, 0) is 9.53 Å². The standard InChI is InChI=1S/C16H25NO3/c1-15(2,3)20-14(18)16(4,5)13(17)11-7-9-12(19-6)10-8-11/h7-10,13H,17H2,1-6H3. The van der Waals surface area contributed by atoms with E-state index in [1.54, 1.807) is 21.0 Å². The lowest BCUT2D eigenvalue weighted by Gasteiger charge is -2.33. The van der Waals surface area contributed by atoms with Crippen molar-refractivity contribution < 1.29 is 14.3 Å². The van der Waals surface area contributed by atoms with Gasteiger partial charge in [0, 0.05) is 6.04 Å². The molecule has 4 heteroatoms. The molecule has 0 aliphatic carbocycles. The Labute approximate surface area is 121 Å². The maximum Gasteiger partial charge on any atom is 0.313 e. The van der Waals surface area contributed by atoms with Crippen LogP contribution in [0.3, 0.4) is 0 Å². The summed E-state index contributed by atoms with van der Waals surface area (Å²) < 4.78 is 10.6. The SMILES string of the molecule is COc1ccc(C(N)C(C)(C)C(=O)OC(C)(C)C)cc1. The van der Waals surface area contributed by atoms with Crippen LogP contribution < -0.4 is 10.5 Å². The van der Waals surface area contributed by atoms with Crippen molar-refractivity contribution in [2.75, 3.05) is 7.11 Å². The number of methoxy groups -OCH3 is 1. The van der Waals surface area contributed by atoms with Gasteiger partial charge >= 0.3 is 5.97 Å². The first-order valence-corrected chi connectivity index (χ1v) is 6.71. The van der Waals surface area contributed by atoms with Crippen LogP contribution >= 0.6 is 0 Å². The monoisotopic (exact) mass is 279 g/mol. The second-order valence-electron chi connectivity index (χ2n) is 6.47. The number of hydrogen-bond donors (Lipinski definition) is 1. The van der Waals surface area contributed by atoms with E-state index in [0.29, 0.717) is 0 Å². The van der Waals surface area contributed by atoms with Gasteiger partial charge in [-0.05, 0) is 52.3 Å². The largest absolute Gasteiger partial charge is 0.497 e. The summed E-state index contributed by atoms with van der Waals surface area (Å²) in [5.74, 6) is 0.462. The lowest BCUT2D eigenvalue weighted by Crippen LogP contribution is -2.41. The molecule has 0 saturated carbocycles. The van der Waals surface area contributed by atoms with E-state index in [4.69, 9.17) is 15.2 Å². The first-order valence-electron chi connectivity index (χ1n) is 6.71. The number of esters is 1. The van der Waals surface area contributed by atoms with E-state index < -0.39 is 17.1 Å². The molecular formula is C16H25NO3. The van der Waals surface area contributed by atoms with Gasteiger partial charge < -0.3 is 15.2 Å². The molecule has 0 amide bonds. The first-order chi connectivity index (χ1) is 9.08. The van der Waals surface area contributed by atoms with Crippen molar-refractivity contribution in [3.8, 4) is 5.75 Å². The highest BCUT2D eigenvalue weighted by atomic mass is 16.6. The third-order valence-electron chi connectivity index (χ3n) is 3.18. The van der Waals surface area contributed by atoms with E-state index in [2.05, 4.69) is 0 Å². The molecule has 0 fully saturated rings. The molecule has 4 nitrogen and oxygen atoms in total. The quantitative estimate of drug-likeness (QED) is 0.860. The summed E-state index contributed by atoms with van der Waals surface area (Å²) in [4.78, 5) is 12.3. The van der Waals surface area contributed by atoms with Crippen LogP contribution in [0, 0.1) is 5.41 Å². The minimum Gasteiger partial charge on any atom is -0.497 e. The van der Waals surface area contributed by atoms with Crippen LogP contribution in [0.15, 0.2) is 24.3 Å². The molecule has 20 heavy (non-hydrogen) atoms. The topological polar surface area (TPSA) is 61.5 Å². The van der Waals surface area contributed by atoms with Gasteiger partial charge in [-0.1, -0.05) is 12.1 Å². The van der Waals surface area contributed by atoms with Crippen molar-refractivity contribution in [3.05, 3.63) is 29.8 Å². The van der Waals surface area contributed by atoms with E-state index in [1.807, 2.05) is 45.0 Å². The molecule has 0 radical (unpaired) electrons. The molecule has 1 aromatic rings. The highest BCUT2D eigenvalue weighted by Crippen LogP contribution is 2.34. The Hall–Kier alpha value is -1.55. The zero-order chi connectivity index (χ0) is 15.6. The van der Waals surface area contributed by atoms with E-state index in [1.165, 1.54) is 0 Å². The number of rotatable bonds is 4. The van der Waals surface area contributed by atoms with Crippen LogP contribution in [-0.4, -0.2) is 18.7 Å². The van der Waals surface area contributed by atoms with Gasteiger partial charge in [0.05, 0.1) is 12.5 Å². The fourth-order valence-electron chi connectivity index (χ4n) is 1.76. The summed E-state index contributed by atoms with van der Waals surface area (Å²) in [7, 11) is 1.61. The number of benzene rings is 1. The Balaban J connectivity index is 2.92. The molecule has 1 rings (SSSR count). The molecule has 1 unspecified atom stereocenters. The van der Waals surface area contributed by atoms with E-state index >= 15 is 0 Å². The maximum absolute atomic E-state index is 12.3. The fourth-order valence-corrected chi connectivity index (χ4v) is 1.76. The van der Waals surface area contributed by atoms with Crippen molar-refractivity contribution >= 4 is 5.97 Å². The van der Waals surface area contributed by atoms with Gasteiger partial charge in [0.15, 0.2) is 0 Å². The second-order valence-corrected chi connectivity index (χ2v) is 6.47. The van der Waals surface area contributed by atoms with E-state index in [-0.39, 0.29) is 5.97 Å². The number of ether oxygens (including phenoxy) is 2. The van der Waals surface area contributed by atoms with Crippen molar-refractivity contribution in [1.29, 1.82) is 0 Å². The van der Waals surface area contributed by atoms with Gasteiger partial charge in [-0.2, -0.15) is 0 Å². The predicted molar refractivity (Wildman–Crippen MR) is 79.5 cm³/mol. The van der Waals surface area contributed by atoms with Gasteiger partial charge in [0.2, 0.25) is 0 Å². The highest BCUT2D eigenvalue weighted by Gasteiger charge is 2.38. The van der Waals surface area contributed by atoms with Crippen LogP contribution in [0.4, 0.5) is 0 Å². The Morgan fingerprint density at radius 2 is 1.60 bits per heavy atom. The molecule has 0 spiro atoms. The summed E-state index contributed by atoms with van der Waals surface area (Å²) >= 11 is 0. The number of carbonyl (C=O) groups excluding carboxylic acids is 1. The average Bonchev–Trinajstić information content (AvgIpc) is 2.36. The summed E-state index contributed by atoms with van der Waals surface area (Å²) in [5, 5.41) is 0. The van der Waals surface area contributed by atoms with Gasteiger partial charge in [-0.3, -0.25) is 4.79 Å². The van der Waals surface area contributed by atoms with Crippen molar-refractivity contribution in [3.63, 3.8) is 0 Å². The van der Waals surface area contributed by atoms with Crippen LogP contribution in [0.1, 0.15) is 46.2 Å². The summed E-state index contributed by atoms with van der Waals surface area (Å²) in [5.41, 5.74) is 5.80. The van der Waals surface area contributed by atoms with Crippen molar-refractivity contribution in [1.82, 2.24) is 0 Å².